The van der Waals surface area contributed by atoms with Crippen LogP contribution >= 0.6 is 11.6 Å². The topological polar surface area (TPSA) is 29.5 Å². The minimum absolute atomic E-state index is 0.122. The summed E-state index contributed by atoms with van der Waals surface area (Å²) in [5.74, 6) is 0.382. The summed E-state index contributed by atoms with van der Waals surface area (Å²) in [7, 11) is 1.46. The Morgan fingerprint density at radius 2 is 2.05 bits per heavy atom. The Bertz CT molecular complexity index is 568. The summed E-state index contributed by atoms with van der Waals surface area (Å²) in [5.41, 5.74) is 2.18. The SMILES string of the molecule is COC(=O)[C@H](C(C)C)N1c2ccc(Cl)cc2[C@@H](C)CC1(C)C. The number of benzene rings is 1. The summed E-state index contributed by atoms with van der Waals surface area (Å²) in [6.07, 6.45) is 0.973. The molecule has 2 atom stereocenters. The van der Waals surface area contributed by atoms with E-state index in [1.807, 2.05) is 18.2 Å². The molecule has 1 heterocycles. The molecule has 0 radical (unpaired) electrons. The van der Waals surface area contributed by atoms with E-state index in [4.69, 9.17) is 16.3 Å². The van der Waals surface area contributed by atoms with Crippen LogP contribution in [0.25, 0.3) is 0 Å². The maximum absolute atomic E-state index is 12.4. The molecule has 0 saturated heterocycles. The fourth-order valence-electron chi connectivity index (χ4n) is 3.75. The molecule has 0 N–H and O–H groups in total. The molecule has 1 aliphatic heterocycles. The number of anilines is 1. The fraction of sp³-hybridized carbons (Fsp3) is 0.611. The van der Waals surface area contributed by atoms with Crippen LogP contribution in [0.2, 0.25) is 5.02 Å². The molecule has 0 saturated carbocycles. The average molecular weight is 324 g/mol. The molecule has 1 aliphatic rings. The van der Waals surface area contributed by atoms with Crippen LogP contribution < -0.4 is 4.90 Å². The Balaban J connectivity index is 2.61. The van der Waals surface area contributed by atoms with Gasteiger partial charge in [-0.2, -0.15) is 0 Å². The Morgan fingerprint density at radius 3 is 2.59 bits per heavy atom. The molecule has 1 aromatic rings. The highest BCUT2D eigenvalue weighted by atomic mass is 35.5. The molecule has 0 unspecified atom stereocenters. The van der Waals surface area contributed by atoms with Crippen LogP contribution in [0.3, 0.4) is 0 Å². The highest BCUT2D eigenvalue weighted by Gasteiger charge is 2.44. The number of ether oxygens (including phenoxy) is 1. The predicted octanol–water partition coefficient (Wildman–Crippen LogP) is 4.63. The molecule has 0 amide bonds. The first kappa shape index (κ1) is 17.1. The second-order valence-corrected chi connectivity index (χ2v) is 7.64. The third-order valence-corrected chi connectivity index (χ3v) is 4.83. The van der Waals surface area contributed by atoms with Gasteiger partial charge in [-0.25, -0.2) is 4.79 Å². The van der Waals surface area contributed by atoms with Crippen molar-refractivity contribution in [2.45, 2.75) is 58.5 Å². The van der Waals surface area contributed by atoms with E-state index in [1.165, 1.54) is 12.7 Å². The zero-order valence-corrected chi connectivity index (χ0v) is 15.1. The Morgan fingerprint density at radius 1 is 1.41 bits per heavy atom. The van der Waals surface area contributed by atoms with Crippen LogP contribution in [0.5, 0.6) is 0 Å². The smallest absolute Gasteiger partial charge is 0.328 e. The number of hydrogen-bond donors (Lipinski definition) is 0. The summed E-state index contributed by atoms with van der Waals surface area (Å²) < 4.78 is 5.08. The van der Waals surface area contributed by atoms with E-state index < -0.39 is 0 Å². The second-order valence-electron chi connectivity index (χ2n) is 7.20. The Hall–Kier alpha value is -1.22. The monoisotopic (exact) mass is 323 g/mol. The quantitative estimate of drug-likeness (QED) is 0.759. The van der Waals surface area contributed by atoms with Gasteiger partial charge >= 0.3 is 5.97 Å². The van der Waals surface area contributed by atoms with Crippen LogP contribution in [0.1, 0.15) is 52.5 Å². The number of esters is 1. The van der Waals surface area contributed by atoms with E-state index in [2.05, 4.69) is 39.5 Å². The van der Waals surface area contributed by atoms with Crippen molar-refractivity contribution in [1.29, 1.82) is 0 Å². The van der Waals surface area contributed by atoms with Crippen LogP contribution in [0, 0.1) is 5.92 Å². The van der Waals surface area contributed by atoms with E-state index >= 15 is 0 Å². The molecule has 3 nitrogen and oxygen atoms in total. The lowest BCUT2D eigenvalue weighted by Crippen LogP contribution is -2.58. The first-order valence-corrected chi connectivity index (χ1v) is 8.23. The van der Waals surface area contributed by atoms with Crippen LogP contribution in [-0.4, -0.2) is 24.7 Å². The molecular weight excluding hydrogens is 298 g/mol. The molecule has 0 bridgehead atoms. The average Bonchev–Trinajstić information content (AvgIpc) is 2.42. The highest BCUT2D eigenvalue weighted by molar-refractivity contribution is 6.30. The molecule has 1 aromatic carbocycles. The Kier molecular flexibility index (Phi) is 4.76. The summed E-state index contributed by atoms with van der Waals surface area (Å²) in [6.45, 7) is 10.7. The van der Waals surface area contributed by atoms with Crippen molar-refractivity contribution < 1.29 is 9.53 Å². The predicted molar refractivity (Wildman–Crippen MR) is 91.7 cm³/mol. The highest BCUT2D eigenvalue weighted by Crippen LogP contribution is 2.46. The van der Waals surface area contributed by atoms with E-state index in [0.29, 0.717) is 5.92 Å². The first-order valence-electron chi connectivity index (χ1n) is 7.85. The van der Waals surface area contributed by atoms with Gasteiger partial charge in [-0.3, -0.25) is 0 Å². The van der Waals surface area contributed by atoms with Crippen molar-refractivity contribution in [3.05, 3.63) is 28.8 Å². The summed E-state index contributed by atoms with van der Waals surface area (Å²) in [4.78, 5) is 14.6. The lowest BCUT2D eigenvalue weighted by molar-refractivity contribution is -0.143. The summed E-state index contributed by atoms with van der Waals surface area (Å²) in [5, 5.41) is 0.740. The third kappa shape index (κ3) is 2.96. The van der Waals surface area contributed by atoms with Gasteiger partial charge in [0.15, 0.2) is 0 Å². The minimum Gasteiger partial charge on any atom is -0.467 e. The Labute approximate surface area is 138 Å². The number of nitrogens with zero attached hydrogens (tertiary/aromatic N) is 1. The van der Waals surface area contributed by atoms with Gasteiger partial charge in [0.25, 0.3) is 0 Å². The van der Waals surface area contributed by atoms with Crippen molar-refractivity contribution in [2.24, 2.45) is 5.92 Å². The van der Waals surface area contributed by atoms with Gasteiger partial charge in [-0.15, -0.1) is 0 Å². The lowest BCUT2D eigenvalue weighted by atomic mass is 9.78. The summed E-state index contributed by atoms with van der Waals surface area (Å²) in [6, 6.07) is 5.66. The molecular formula is C18H26ClNO2. The lowest BCUT2D eigenvalue weighted by Gasteiger charge is -2.51. The van der Waals surface area contributed by atoms with E-state index in [-0.39, 0.29) is 23.5 Å². The number of carbonyl (C=O) groups is 1. The standard InChI is InChI=1S/C18H26ClNO2/c1-11(2)16(17(21)22-6)20-15-8-7-13(19)9-14(15)12(3)10-18(20,4)5/h7-9,11-12,16H,10H2,1-6H3/t12-,16-/m0/s1. The van der Waals surface area contributed by atoms with Gasteiger partial charge in [0.2, 0.25) is 0 Å². The van der Waals surface area contributed by atoms with Crippen molar-refractivity contribution in [3.63, 3.8) is 0 Å². The number of methoxy groups -OCH3 is 1. The molecule has 2 rings (SSSR count). The minimum atomic E-state index is -0.299. The zero-order valence-electron chi connectivity index (χ0n) is 14.3. The number of carbonyl (C=O) groups excluding carboxylic acids is 1. The maximum Gasteiger partial charge on any atom is 0.328 e. The molecule has 0 fully saturated rings. The maximum atomic E-state index is 12.4. The van der Waals surface area contributed by atoms with E-state index in [9.17, 15) is 4.79 Å². The van der Waals surface area contributed by atoms with E-state index in [0.717, 1.165) is 17.1 Å². The van der Waals surface area contributed by atoms with Gasteiger partial charge < -0.3 is 9.64 Å². The fourth-order valence-corrected chi connectivity index (χ4v) is 3.93. The van der Waals surface area contributed by atoms with E-state index in [1.54, 1.807) is 0 Å². The van der Waals surface area contributed by atoms with Crippen molar-refractivity contribution >= 4 is 23.3 Å². The second kappa shape index (κ2) is 6.11. The molecule has 0 aliphatic carbocycles. The molecule has 22 heavy (non-hydrogen) atoms. The summed E-state index contributed by atoms with van der Waals surface area (Å²) >= 11 is 6.18. The normalized spacial score (nSPS) is 21.5. The van der Waals surface area contributed by atoms with Gasteiger partial charge in [0, 0.05) is 16.2 Å². The van der Waals surface area contributed by atoms with Gasteiger partial charge in [-0.1, -0.05) is 32.4 Å². The molecule has 122 valence electrons. The number of fused-ring (bicyclic) bond motifs is 1. The number of halogens is 1. The van der Waals surface area contributed by atoms with Gasteiger partial charge in [0.05, 0.1) is 7.11 Å². The third-order valence-electron chi connectivity index (χ3n) is 4.59. The zero-order chi connectivity index (χ0) is 16.7. The van der Waals surface area contributed by atoms with Gasteiger partial charge in [0.1, 0.15) is 6.04 Å². The van der Waals surface area contributed by atoms with Crippen molar-refractivity contribution in [1.82, 2.24) is 0 Å². The van der Waals surface area contributed by atoms with Crippen LogP contribution in [0.4, 0.5) is 5.69 Å². The first-order chi connectivity index (χ1) is 10.2. The van der Waals surface area contributed by atoms with Crippen LogP contribution in [-0.2, 0) is 9.53 Å². The number of rotatable bonds is 3. The molecule has 0 spiro atoms. The number of hydrogen-bond acceptors (Lipinski definition) is 3. The molecule has 4 heteroatoms. The van der Waals surface area contributed by atoms with Gasteiger partial charge in [-0.05, 0) is 55.9 Å². The largest absolute Gasteiger partial charge is 0.467 e. The molecule has 0 aromatic heterocycles. The van der Waals surface area contributed by atoms with Crippen LogP contribution in [0.15, 0.2) is 18.2 Å². The van der Waals surface area contributed by atoms with Crippen molar-refractivity contribution in [3.8, 4) is 0 Å². The van der Waals surface area contributed by atoms with Crippen molar-refractivity contribution in [2.75, 3.05) is 12.0 Å².